The quantitative estimate of drug-likeness (QED) is 0.404. The monoisotopic (exact) mass is 528 g/mol. The summed E-state index contributed by atoms with van der Waals surface area (Å²) in [5, 5.41) is 25.3. The van der Waals surface area contributed by atoms with Crippen LogP contribution >= 0.6 is 11.6 Å². The van der Waals surface area contributed by atoms with Gasteiger partial charge in [-0.25, -0.2) is 0 Å². The number of aromatic nitrogens is 4. The molecule has 0 saturated carbocycles. The summed E-state index contributed by atoms with van der Waals surface area (Å²) in [4.78, 5) is 41.6. The molecule has 2 amide bonds. The number of rotatable bonds is 9. The van der Waals surface area contributed by atoms with Crippen molar-refractivity contribution in [3.8, 4) is 17.1 Å². The number of halogens is 1. The van der Waals surface area contributed by atoms with Crippen molar-refractivity contribution in [2.24, 2.45) is 0 Å². The van der Waals surface area contributed by atoms with E-state index in [1.54, 1.807) is 52.0 Å². The summed E-state index contributed by atoms with van der Waals surface area (Å²) in [5.74, 6) is -1.54. The Morgan fingerprint density at radius 3 is 2.35 bits per heavy atom. The number of benzene rings is 2. The van der Waals surface area contributed by atoms with Crippen molar-refractivity contribution >= 4 is 29.4 Å². The summed E-state index contributed by atoms with van der Waals surface area (Å²) >= 11 is 5.93. The van der Waals surface area contributed by atoms with Gasteiger partial charge in [-0.05, 0) is 74.9 Å². The number of amides is 2. The molecule has 37 heavy (non-hydrogen) atoms. The molecule has 0 radical (unpaired) electrons. The van der Waals surface area contributed by atoms with Crippen molar-refractivity contribution in [3.05, 3.63) is 59.1 Å². The minimum Gasteiger partial charge on any atom is -0.508 e. The average molecular weight is 529 g/mol. The molecule has 3 rings (SSSR count). The van der Waals surface area contributed by atoms with Gasteiger partial charge >= 0.3 is 5.97 Å². The number of tetrazole rings is 1. The lowest BCUT2D eigenvalue weighted by Crippen LogP contribution is -2.51. The van der Waals surface area contributed by atoms with Crippen molar-refractivity contribution in [2.45, 2.75) is 45.8 Å². The molecule has 0 bridgehead atoms. The zero-order valence-electron chi connectivity index (χ0n) is 21.0. The molecule has 0 fully saturated rings. The minimum atomic E-state index is -1.20. The number of phenolic OH excluding ortho intramolecular Hbond substituents is 1. The standard InChI is InChI=1S/C25H29ClN6O5/c1-5-37-21(35)15-31(22(24(36)27-25(2,3)4)16-8-12-19(33)13-9-16)20(34)14-32-29-23(28-30-32)17-6-10-18(26)11-7-17/h6-13,22,33H,5,14-15H2,1-4H3,(H,27,36)/t22-/m0/s1. The van der Waals surface area contributed by atoms with Crippen LogP contribution in [0.15, 0.2) is 48.5 Å². The van der Waals surface area contributed by atoms with E-state index in [2.05, 4.69) is 20.7 Å². The molecule has 2 N–H and O–H groups in total. The van der Waals surface area contributed by atoms with Gasteiger partial charge in [-0.15, -0.1) is 10.2 Å². The number of carbonyl (C=O) groups excluding carboxylic acids is 3. The van der Waals surface area contributed by atoms with Crippen molar-refractivity contribution < 1.29 is 24.2 Å². The molecule has 1 heterocycles. The second-order valence-electron chi connectivity index (χ2n) is 9.21. The maximum atomic E-state index is 13.5. The summed E-state index contributed by atoms with van der Waals surface area (Å²) in [6, 6.07) is 11.4. The van der Waals surface area contributed by atoms with E-state index in [4.69, 9.17) is 16.3 Å². The largest absolute Gasteiger partial charge is 0.508 e. The molecule has 0 spiro atoms. The molecule has 2 aromatic carbocycles. The minimum absolute atomic E-state index is 0.0106. The zero-order valence-corrected chi connectivity index (χ0v) is 21.8. The summed E-state index contributed by atoms with van der Waals surface area (Å²) < 4.78 is 5.06. The molecular formula is C25H29ClN6O5. The summed E-state index contributed by atoms with van der Waals surface area (Å²) in [5.41, 5.74) is 0.426. The van der Waals surface area contributed by atoms with Crippen LogP contribution in [0.5, 0.6) is 5.75 Å². The van der Waals surface area contributed by atoms with Gasteiger partial charge in [0.25, 0.3) is 0 Å². The highest BCUT2D eigenvalue weighted by atomic mass is 35.5. The number of aromatic hydroxyl groups is 1. The average Bonchev–Trinajstić information content (AvgIpc) is 3.27. The zero-order chi connectivity index (χ0) is 27.2. The van der Waals surface area contributed by atoms with Crippen LogP contribution in [0.2, 0.25) is 5.02 Å². The summed E-state index contributed by atoms with van der Waals surface area (Å²) in [6.07, 6.45) is 0. The van der Waals surface area contributed by atoms with Gasteiger partial charge in [0.15, 0.2) is 0 Å². The number of phenols is 1. The fraction of sp³-hybridized carbons (Fsp3) is 0.360. The number of hydrogen-bond acceptors (Lipinski definition) is 8. The van der Waals surface area contributed by atoms with Gasteiger partial charge in [0.1, 0.15) is 24.9 Å². The molecule has 0 aliphatic carbocycles. The van der Waals surface area contributed by atoms with Gasteiger partial charge < -0.3 is 20.1 Å². The Balaban J connectivity index is 1.95. The SMILES string of the molecule is CCOC(=O)CN(C(=O)Cn1nnc(-c2ccc(Cl)cc2)n1)[C@H](C(=O)NC(C)(C)C)c1ccc(O)cc1. The first kappa shape index (κ1) is 27.6. The van der Waals surface area contributed by atoms with Crippen molar-refractivity contribution in [1.29, 1.82) is 0 Å². The highest BCUT2D eigenvalue weighted by Gasteiger charge is 2.35. The van der Waals surface area contributed by atoms with Crippen LogP contribution in [0.1, 0.15) is 39.3 Å². The Morgan fingerprint density at radius 1 is 1.11 bits per heavy atom. The third kappa shape index (κ3) is 7.74. The molecule has 1 aromatic heterocycles. The lowest BCUT2D eigenvalue weighted by atomic mass is 10.0. The number of hydrogen-bond donors (Lipinski definition) is 2. The van der Waals surface area contributed by atoms with E-state index in [0.717, 1.165) is 9.70 Å². The molecule has 1 atom stereocenters. The normalized spacial score (nSPS) is 12.0. The van der Waals surface area contributed by atoms with Crippen molar-refractivity contribution in [1.82, 2.24) is 30.4 Å². The van der Waals surface area contributed by atoms with E-state index in [1.165, 1.54) is 24.3 Å². The lowest BCUT2D eigenvalue weighted by Gasteiger charge is -2.33. The van der Waals surface area contributed by atoms with Crippen molar-refractivity contribution in [3.63, 3.8) is 0 Å². The van der Waals surface area contributed by atoms with E-state index in [-0.39, 0.29) is 18.2 Å². The van der Waals surface area contributed by atoms with Crippen LogP contribution in [0.25, 0.3) is 11.4 Å². The van der Waals surface area contributed by atoms with Crippen LogP contribution in [-0.4, -0.2) is 66.7 Å². The van der Waals surface area contributed by atoms with E-state index in [9.17, 15) is 19.5 Å². The highest BCUT2D eigenvalue weighted by molar-refractivity contribution is 6.30. The van der Waals surface area contributed by atoms with Crippen LogP contribution < -0.4 is 5.32 Å². The van der Waals surface area contributed by atoms with Gasteiger partial charge in [-0.1, -0.05) is 23.7 Å². The van der Waals surface area contributed by atoms with Gasteiger partial charge in [-0.3, -0.25) is 14.4 Å². The second kappa shape index (κ2) is 11.8. The molecular weight excluding hydrogens is 500 g/mol. The molecule has 0 unspecified atom stereocenters. The number of ether oxygens (including phenoxy) is 1. The Morgan fingerprint density at radius 2 is 1.76 bits per heavy atom. The molecule has 0 saturated heterocycles. The molecule has 0 aliphatic heterocycles. The maximum Gasteiger partial charge on any atom is 0.325 e. The molecule has 3 aromatic rings. The Bertz CT molecular complexity index is 1240. The van der Waals surface area contributed by atoms with Crippen LogP contribution in [-0.2, 0) is 25.7 Å². The predicted molar refractivity (Wildman–Crippen MR) is 135 cm³/mol. The highest BCUT2D eigenvalue weighted by Crippen LogP contribution is 2.25. The van der Waals surface area contributed by atoms with E-state index in [1.807, 2.05) is 0 Å². The summed E-state index contributed by atoms with van der Waals surface area (Å²) in [6.45, 7) is 6.26. The van der Waals surface area contributed by atoms with Gasteiger partial charge in [0.05, 0.1) is 6.61 Å². The lowest BCUT2D eigenvalue weighted by molar-refractivity contribution is -0.153. The molecule has 11 nitrogen and oxygen atoms in total. The smallest absolute Gasteiger partial charge is 0.325 e. The number of nitrogens with one attached hydrogen (secondary N) is 1. The number of nitrogens with zero attached hydrogens (tertiary/aromatic N) is 5. The first-order valence-corrected chi connectivity index (χ1v) is 11.9. The second-order valence-corrected chi connectivity index (χ2v) is 9.65. The first-order chi connectivity index (χ1) is 17.5. The predicted octanol–water partition coefficient (Wildman–Crippen LogP) is 2.75. The fourth-order valence-electron chi connectivity index (χ4n) is 3.47. The van der Waals surface area contributed by atoms with Gasteiger partial charge in [0.2, 0.25) is 17.6 Å². The Kier molecular flexibility index (Phi) is 8.82. The third-order valence-electron chi connectivity index (χ3n) is 5.02. The topological polar surface area (TPSA) is 140 Å². The molecule has 12 heteroatoms. The van der Waals surface area contributed by atoms with E-state index >= 15 is 0 Å². The fourth-order valence-corrected chi connectivity index (χ4v) is 3.60. The Labute approximate surface area is 219 Å². The molecule has 0 aliphatic rings. The van der Waals surface area contributed by atoms with Gasteiger partial charge in [-0.2, -0.15) is 4.80 Å². The van der Waals surface area contributed by atoms with Crippen molar-refractivity contribution in [2.75, 3.05) is 13.2 Å². The summed E-state index contributed by atoms with van der Waals surface area (Å²) in [7, 11) is 0. The van der Waals surface area contributed by atoms with E-state index in [0.29, 0.717) is 16.1 Å². The van der Waals surface area contributed by atoms with Gasteiger partial charge in [0, 0.05) is 16.1 Å². The van der Waals surface area contributed by atoms with Crippen LogP contribution in [0, 0.1) is 0 Å². The maximum absolute atomic E-state index is 13.5. The first-order valence-electron chi connectivity index (χ1n) is 11.6. The van der Waals surface area contributed by atoms with Crippen LogP contribution in [0.3, 0.4) is 0 Å². The Hall–Kier alpha value is -3.99. The number of carbonyl (C=O) groups is 3. The van der Waals surface area contributed by atoms with E-state index < -0.39 is 42.5 Å². The molecule has 196 valence electrons. The number of esters is 1. The van der Waals surface area contributed by atoms with Crippen LogP contribution in [0.4, 0.5) is 0 Å². The third-order valence-corrected chi connectivity index (χ3v) is 5.28.